The molecule has 0 aromatic heterocycles. The maximum absolute atomic E-state index is 13.4. The molecule has 0 aliphatic heterocycles. The Morgan fingerprint density at radius 1 is 1.35 bits per heavy atom. The van der Waals surface area contributed by atoms with E-state index in [0.717, 1.165) is 24.9 Å². The van der Waals surface area contributed by atoms with Gasteiger partial charge in [-0.05, 0) is 53.4 Å². The van der Waals surface area contributed by atoms with Crippen LogP contribution in [0.1, 0.15) is 32.8 Å². The molecule has 0 saturated carbocycles. The maximum atomic E-state index is 13.4. The van der Waals surface area contributed by atoms with Gasteiger partial charge < -0.3 is 5.32 Å². The predicted octanol–water partition coefficient (Wildman–Crippen LogP) is 4.15. The third-order valence-electron chi connectivity index (χ3n) is 3.27. The third kappa shape index (κ3) is 4.07. The van der Waals surface area contributed by atoms with Crippen LogP contribution in [-0.4, -0.2) is 12.6 Å². The number of halogens is 2. The van der Waals surface area contributed by atoms with Crippen molar-refractivity contribution in [2.24, 2.45) is 5.92 Å². The lowest BCUT2D eigenvalue weighted by molar-refractivity contribution is 0.367. The number of nitrogens with one attached hydrogen (secondary N) is 1. The van der Waals surface area contributed by atoms with Crippen molar-refractivity contribution in [1.82, 2.24) is 5.32 Å². The van der Waals surface area contributed by atoms with Crippen molar-refractivity contribution in [1.29, 1.82) is 0 Å². The van der Waals surface area contributed by atoms with Gasteiger partial charge in [0.25, 0.3) is 0 Å². The Labute approximate surface area is 112 Å². The SMILES string of the molecule is CCNC(C)C(CC)Cc1cccc(F)c1Br. The summed E-state index contributed by atoms with van der Waals surface area (Å²) in [6.45, 7) is 7.47. The van der Waals surface area contributed by atoms with Crippen LogP contribution in [0, 0.1) is 11.7 Å². The Morgan fingerprint density at radius 2 is 2.06 bits per heavy atom. The summed E-state index contributed by atoms with van der Waals surface area (Å²) < 4.78 is 14.0. The average molecular weight is 302 g/mol. The van der Waals surface area contributed by atoms with Crippen LogP contribution >= 0.6 is 15.9 Å². The highest BCUT2D eigenvalue weighted by atomic mass is 79.9. The van der Waals surface area contributed by atoms with Crippen molar-refractivity contribution in [2.45, 2.75) is 39.7 Å². The van der Waals surface area contributed by atoms with E-state index >= 15 is 0 Å². The molecule has 1 rings (SSSR count). The zero-order valence-corrected chi connectivity index (χ0v) is 12.3. The Bertz CT molecular complexity index is 354. The maximum Gasteiger partial charge on any atom is 0.137 e. The quantitative estimate of drug-likeness (QED) is 0.832. The van der Waals surface area contributed by atoms with Crippen LogP contribution in [-0.2, 0) is 6.42 Å². The molecule has 0 aliphatic rings. The summed E-state index contributed by atoms with van der Waals surface area (Å²) in [5.74, 6) is 0.363. The summed E-state index contributed by atoms with van der Waals surface area (Å²) in [6.07, 6.45) is 2.00. The Hall–Kier alpha value is -0.410. The van der Waals surface area contributed by atoms with Crippen molar-refractivity contribution in [3.63, 3.8) is 0 Å². The normalized spacial score (nSPS) is 14.6. The molecule has 0 radical (unpaired) electrons. The zero-order chi connectivity index (χ0) is 12.8. The molecule has 1 N–H and O–H groups in total. The van der Waals surface area contributed by atoms with Gasteiger partial charge in [0.1, 0.15) is 5.82 Å². The van der Waals surface area contributed by atoms with E-state index in [1.165, 1.54) is 6.07 Å². The molecule has 0 spiro atoms. The third-order valence-corrected chi connectivity index (χ3v) is 4.16. The predicted molar refractivity (Wildman–Crippen MR) is 74.7 cm³/mol. The zero-order valence-electron chi connectivity index (χ0n) is 10.8. The van der Waals surface area contributed by atoms with Crippen molar-refractivity contribution >= 4 is 15.9 Å². The number of benzene rings is 1. The molecule has 0 bridgehead atoms. The minimum absolute atomic E-state index is 0.173. The van der Waals surface area contributed by atoms with E-state index in [1.54, 1.807) is 6.07 Å². The highest BCUT2D eigenvalue weighted by Gasteiger charge is 2.17. The van der Waals surface area contributed by atoms with Crippen LogP contribution in [0.5, 0.6) is 0 Å². The van der Waals surface area contributed by atoms with E-state index in [2.05, 4.69) is 42.0 Å². The van der Waals surface area contributed by atoms with Gasteiger partial charge in [-0.15, -0.1) is 0 Å². The van der Waals surface area contributed by atoms with Gasteiger partial charge in [-0.25, -0.2) is 4.39 Å². The molecule has 1 aromatic carbocycles. The molecular weight excluding hydrogens is 281 g/mol. The monoisotopic (exact) mass is 301 g/mol. The van der Waals surface area contributed by atoms with Crippen molar-refractivity contribution < 1.29 is 4.39 Å². The number of hydrogen-bond acceptors (Lipinski definition) is 1. The molecule has 17 heavy (non-hydrogen) atoms. The van der Waals surface area contributed by atoms with Gasteiger partial charge in [-0.3, -0.25) is 0 Å². The molecule has 0 amide bonds. The highest BCUT2D eigenvalue weighted by Crippen LogP contribution is 2.25. The molecule has 0 heterocycles. The van der Waals surface area contributed by atoms with Gasteiger partial charge in [0, 0.05) is 6.04 Å². The van der Waals surface area contributed by atoms with Gasteiger partial charge in [0.05, 0.1) is 4.47 Å². The van der Waals surface area contributed by atoms with Crippen LogP contribution in [0.25, 0.3) is 0 Å². The fraction of sp³-hybridized carbons (Fsp3) is 0.571. The van der Waals surface area contributed by atoms with Crippen LogP contribution in [0.4, 0.5) is 4.39 Å². The van der Waals surface area contributed by atoms with E-state index in [4.69, 9.17) is 0 Å². The van der Waals surface area contributed by atoms with Gasteiger partial charge in [-0.2, -0.15) is 0 Å². The minimum atomic E-state index is -0.173. The second-order valence-corrected chi connectivity index (χ2v) is 5.22. The molecule has 0 fully saturated rings. The fourth-order valence-electron chi connectivity index (χ4n) is 2.15. The van der Waals surface area contributed by atoms with Gasteiger partial charge in [0.15, 0.2) is 0 Å². The summed E-state index contributed by atoms with van der Waals surface area (Å²) >= 11 is 3.33. The van der Waals surface area contributed by atoms with Crippen LogP contribution in [0.3, 0.4) is 0 Å². The smallest absolute Gasteiger partial charge is 0.137 e. The molecule has 0 aliphatic carbocycles. The Balaban J connectivity index is 2.77. The molecule has 0 saturated heterocycles. The molecule has 2 atom stereocenters. The lowest BCUT2D eigenvalue weighted by Crippen LogP contribution is -2.34. The average Bonchev–Trinajstić information content (AvgIpc) is 2.31. The van der Waals surface area contributed by atoms with Gasteiger partial charge in [0.2, 0.25) is 0 Å². The summed E-state index contributed by atoms with van der Waals surface area (Å²) in [5, 5.41) is 3.44. The van der Waals surface area contributed by atoms with E-state index in [0.29, 0.717) is 16.4 Å². The van der Waals surface area contributed by atoms with Crippen molar-refractivity contribution in [3.8, 4) is 0 Å². The summed E-state index contributed by atoms with van der Waals surface area (Å²) in [4.78, 5) is 0. The largest absolute Gasteiger partial charge is 0.314 e. The molecule has 96 valence electrons. The molecule has 3 heteroatoms. The van der Waals surface area contributed by atoms with Crippen LogP contribution < -0.4 is 5.32 Å². The van der Waals surface area contributed by atoms with Gasteiger partial charge in [-0.1, -0.05) is 32.4 Å². The summed E-state index contributed by atoms with van der Waals surface area (Å²) in [5.41, 5.74) is 1.06. The Morgan fingerprint density at radius 3 is 2.65 bits per heavy atom. The molecule has 2 unspecified atom stereocenters. The topological polar surface area (TPSA) is 12.0 Å². The van der Waals surface area contributed by atoms with Crippen molar-refractivity contribution in [2.75, 3.05) is 6.54 Å². The lowest BCUT2D eigenvalue weighted by Gasteiger charge is -2.24. The second kappa shape index (κ2) is 7.12. The standard InChI is InChI=1S/C14H21BrFN/c1-4-11(10(3)17-5-2)9-12-7-6-8-13(16)14(12)15/h6-8,10-11,17H,4-5,9H2,1-3H3. The summed E-state index contributed by atoms with van der Waals surface area (Å²) in [7, 11) is 0. The van der Waals surface area contributed by atoms with Crippen LogP contribution in [0.15, 0.2) is 22.7 Å². The van der Waals surface area contributed by atoms with E-state index < -0.39 is 0 Å². The highest BCUT2D eigenvalue weighted by molar-refractivity contribution is 9.10. The molecular formula is C14H21BrFN. The Kier molecular flexibility index (Phi) is 6.14. The first-order valence-corrected chi connectivity index (χ1v) is 7.05. The first-order chi connectivity index (χ1) is 8.10. The molecule has 1 nitrogen and oxygen atoms in total. The molecule has 1 aromatic rings. The summed E-state index contributed by atoms with van der Waals surface area (Å²) in [6, 6.07) is 5.72. The number of rotatable bonds is 6. The van der Waals surface area contributed by atoms with E-state index in [9.17, 15) is 4.39 Å². The fourth-order valence-corrected chi connectivity index (χ4v) is 2.58. The van der Waals surface area contributed by atoms with Crippen LogP contribution in [0.2, 0.25) is 0 Å². The first-order valence-electron chi connectivity index (χ1n) is 6.26. The van der Waals surface area contributed by atoms with E-state index in [-0.39, 0.29) is 5.82 Å². The second-order valence-electron chi connectivity index (χ2n) is 4.43. The van der Waals surface area contributed by atoms with Crippen molar-refractivity contribution in [3.05, 3.63) is 34.1 Å². The lowest BCUT2D eigenvalue weighted by atomic mass is 9.91. The van der Waals surface area contributed by atoms with Gasteiger partial charge >= 0.3 is 0 Å². The van der Waals surface area contributed by atoms with E-state index in [1.807, 2.05) is 6.07 Å². The minimum Gasteiger partial charge on any atom is -0.314 e. The first kappa shape index (κ1) is 14.7. The number of hydrogen-bond donors (Lipinski definition) is 1.